The molecule has 0 aliphatic carbocycles. The maximum Gasteiger partial charge on any atom is 0.404 e. The SMILES string of the molecule is CO/C(=C/COC(N)=O)C(C)(C)OC(C)Oc1cccc2ccc(=O)oc12. The molecule has 8 nitrogen and oxygen atoms in total. The van der Waals surface area contributed by atoms with Crippen molar-refractivity contribution in [1.82, 2.24) is 0 Å². The number of nitrogens with two attached hydrogens (primary N) is 1. The average Bonchev–Trinajstić information content (AvgIpc) is 2.58. The first-order chi connectivity index (χ1) is 12.7. The van der Waals surface area contributed by atoms with Crippen LogP contribution in [0.4, 0.5) is 4.79 Å². The van der Waals surface area contributed by atoms with Gasteiger partial charge in [-0.25, -0.2) is 9.59 Å². The lowest BCUT2D eigenvalue weighted by atomic mass is 10.1. The van der Waals surface area contributed by atoms with Crippen molar-refractivity contribution in [3.05, 3.63) is 52.6 Å². The fourth-order valence-electron chi connectivity index (χ4n) is 2.61. The molecule has 0 fully saturated rings. The molecule has 1 aromatic carbocycles. The van der Waals surface area contributed by atoms with E-state index < -0.39 is 23.6 Å². The molecule has 8 heteroatoms. The Morgan fingerprint density at radius 1 is 1.30 bits per heavy atom. The molecule has 0 saturated heterocycles. The Hall–Kier alpha value is -3.00. The van der Waals surface area contributed by atoms with Gasteiger partial charge in [-0.1, -0.05) is 12.1 Å². The lowest BCUT2D eigenvalue weighted by molar-refractivity contribution is -0.146. The Morgan fingerprint density at radius 3 is 2.70 bits per heavy atom. The third-order valence-corrected chi connectivity index (χ3v) is 3.67. The number of fused-ring (bicyclic) bond motifs is 1. The number of benzene rings is 1. The van der Waals surface area contributed by atoms with E-state index in [1.165, 1.54) is 13.2 Å². The van der Waals surface area contributed by atoms with Crippen LogP contribution in [0, 0.1) is 0 Å². The Kier molecular flexibility index (Phi) is 6.46. The Morgan fingerprint density at radius 2 is 2.04 bits per heavy atom. The maximum atomic E-state index is 11.5. The van der Waals surface area contributed by atoms with Crippen LogP contribution in [0.2, 0.25) is 0 Å². The van der Waals surface area contributed by atoms with Crippen LogP contribution in [-0.2, 0) is 14.2 Å². The summed E-state index contributed by atoms with van der Waals surface area (Å²) in [5.41, 5.74) is 3.93. The van der Waals surface area contributed by atoms with E-state index in [0.29, 0.717) is 17.1 Å². The highest BCUT2D eigenvalue weighted by molar-refractivity contribution is 5.82. The summed E-state index contributed by atoms with van der Waals surface area (Å²) in [7, 11) is 1.48. The van der Waals surface area contributed by atoms with E-state index in [9.17, 15) is 9.59 Å². The van der Waals surface area contributed by atoms with E-state index in [1.807, 2.05) is 6.07 Å². The van der Waals surface area contributed by atoms with Crippen LogP contribution in [0.1, 0.15) is 20.8 Å². The zero-order chi connectivity index (χ0) is 20.0. The second kappa shape index (κ2) is 8.59. The number of hydrogen-bond donors (Lipinski definition) is 1. The van der Waals surface area contributed by atoms with Crippen LogP contribution < -0.4 is 16.1 Å². The second-order valence-corrected chi connectivity index (χ2v) is 6.15. The lowest BCUT2D eigenvalue weighted by Gasteiger charge is -2.30. The molecule has 0 radical (unpaired) electrons. The lowest BCUT2D eigenvalue weighted by Crippen LogP contribution is -2.35. The monoisotopic (exact) mass is 377 g/mol. The summed E-state index contributed by atoms with van der Waals surface area (Å²) in [6.07, 6.45) is -0.0321. The predicted molar refractivity (Wildman–Crippen MR) is 98.4 cm³/mol. The van der Waals surface area contributed by atoms with Crippen molar-refractivity contribution in [3.63, 3.8) is 0 Å². The van der Waals surface area contributed by atoms with Crippen molar-refractivity contribution >= 4 is 17.1 Å². The van der Waals surface area contributed by atoms with Crippen molar-refractivity contribution in [2.45, 2.75) is 32.7 Å². The molecule has 1 unspecified atom stereocenters. The molecule has 2 N–H and O–H groups in total. The number of rotatable bonds is 8. The molecule has 1 heterocycles. The zero-order valence-corrected chi connectivity index (χ0v) is 15.7. The van der Waals surface area contributed by atoms with Crippen molar-refractivity contribution < 1.29 is 28.2 Å². The molecule has 27 heavy (non-hydrogen) atoms. The number of hydrogen-bond acceptors (Lipinski definition) is 7. The van der Waals surface area contributed by atoms with Gasteiger partial charge in [0.25, 0.3) is 0 Å². The van der Waals surface area contributed by atoms with Gasteiger partial charge < -0.3 is 29.1 Å². The van der Waals surface area contributed by atoms with E-state index in [4.69, 9.17) is 24.4 Å². The minimum absolute atomic E-state index is 0.0466. The van der Waals surface area contributed by atoms with E-state index in [2.05, 4.69) is 4.74 Å². The molecule has 146 valence electrons. The molecule has 1 amide bonds. The van der Waals surface area contributed by atoms with Gasteiger partial charge in [-0.3, -0.25) is 0 Å². The number of ether oxygens (including phenoxy) is 4. The summed E-state index contributed by atoms with van der Waals surface area (Å²) in [5, 5.41) is 0.736. The van der Waals surface area contributed by atoms with E-state index >= 15 is 0 Å². The minimum atomic E-state index is -0.888. The summed E-state index contributed by atoms with van der Waals surface area (Å²) in [6.45, 7) is 5.20. The Balaban J connectivity index is 2.14. The zero-order valence-electron chi connectivity index (χ0n) is 15.7. The predicted octanol–water partition coefficient (Wildman–Crippen LogP) is 2.94. The summed E-state index contributed by atoms with van der Waals surface area (Å²) in [5.74, 6) is 0.817. The first-order valence-electron chi connectivity index (χ1n) is 8.27. The molecule has 2 rings (SSSR count). The van der Waals surface area contributed by atoms with Crippen LogP contribution in [0.5, 0.6) is 5.75 Å². The van der Waals surface area contributed by atoms with E-state index in [0.717, 1.165) is 5.39 Å². The number of methoxy groups -OCH3 is 1. The van der Waals surface area contributed by atoms with Gasteiger partial charge in [0, 0.05) is 11.5 Å². The van der Waals surface area contributed by atoms with Crippen LogP contribution in [-0.4, -0.2) is 31.7 Å². The van der Waals surface area contributed by atoms with Gasteiger partial charge in [-0.2, -0.15) is 0 Å². The Bertz CT molecular complexity index is 885. The number of para-hydroxylation sites is 1. The Labute approximate surface area is 156 Å². The molecular formula is C19H23NO7. The van der Waals surface area contributed by atoms with Crippen LogP contribution in [0.25, 0.3) is 11.0 Å². The number of carbonyl (C=O) groups excluding carboxylic acids is 1. The standard InChI is InChI=1S/C19H23NO7/c1-12(27-19(2,3)15(23-4)10-11-24-18(20)22)25-14-7-5-6-13-8-9-16(21)26-17(13)14/h5-10,12H,11H2,1-4H3,(H2,20,22)/b15-10+. The van der Waals surface area contributed by atoms with Crippen molar-refractivity contribution in [3.8, 4) is 5.75 Å². The van der Waals surface area contributed by atoms with Crippen LogP contribution in [0.3, 0.4) is 0 Å². The maximum absolute atomic E-state index is 11.5. The molecule has 0 spiro atoms. The highest BCUT2D eigenvalue weighted by Gasteiger charge is 2.29. The molecular weight excluding hydrogens is 354 g/mol. The summed E-state index contributed by atoms with van der Waals surface area (Å²) in [4.78, 5) is 22.2. The molecule has 0 saturated carbocycles. The van der Waals surface area contributed by atoms with Gasteiger partial charge in [-0.05, 0) is 39.0 Å². The molecule has 0 aliphatic rings. The molecule has 1 atom stereocenters. The van der Waals surface area contributed by atoms with Gasteiger partial charge in [0.1, 0.15) is 18.0 Å². The third-order valence-electron chi connectivity index (χ3n) is 3.67. The van der Waals surface area contributed by atoms with Crippen LogP contribution in [0.15, 0.2) is 51.4 Å². The normalized spacial score (nSPS) is 13.3. The summed E-state index contributed by atoms with van der Waals surface area (Å²) in [6, 6.07) is 8.29. The second-order valence-electron chi connectivity index (χ2n) is 6.15. The van der Waals surface area contributed by atoms with Gasteiger partial charge in [-0.15, -0.1) is 0 Å². The first-order valence-corrected chi connectivity index (χ1v) is 8.27. The fourth-order valence-corrected chi connectivity index (χ4v) is 2.61. The van der Waals surface area contributed by atoms with Crippen molar-refractivity contribution in [2.75, 3.05) is 13.7 Å². The number of primary amides is 1. The minimum Gasteiger partial charge on any atom is -0.498 e. The number of carbonyl (C=O) groups is 1. The first kappa shape index (κ1) is 20.3. The summed E-state index contributed by atoms with van der Waals surface area (Å²) >= 11 is 0. The van der Waals surface area contributed by atoms with Gasteiger partial charge in [0.2, 0.25) is 0 Å². The molecule has 0 aliphatic heterocycles. The topological polar surface area (TPSA) is 110 Å². The van der Waals surface area contributed by atoms with Crippen LogP contribution >= 0.6 is 0 Å². The molecule has 0 bridgehead atoms. The van der Waals surface area contributed by atoms with Crippen molar-refractivity contribution in [2.24, 2.45) is 5.73 Å². The largest absolute Gasteiger partial charge is 0.498 e. The highest BCUT2D eigenvalue weighted by Crippen LogP contribution is 2.28. The quantitative estimate of drug-likeness (QED) is 0.428. The smallest absolute Gasteiger partial charge is 0.404 e. The van der Waals surface area contributed by atoms with Gasteiger partial charge >= 0.3 is 11.7 Å². The summed E-state index contributed by atoms with van der Waals surface area (Å²) < 4.78 is 27.0. The third kappa shape index (κ3) is 5.49. The average molecular weight is 377 g/mol. The van der Waals surface area contributed by atoms with E-state index in [-0.39, 0.29) is 6.61 Å². The molecule has 1 aromatic heterocycles. The molecule has 2 aromatic rings. The van der Waals surface area contributed by atoms with Crippen molar-refractivity contribution in [1.29, 1.82) is 0 Å². The van der Waals surface area contributed by atoms with E-state index in [1.54, 1.807) is 45.0 Å². The highest BCUT2D eigenvalue weighted by atomic mass is 16.7. The van der Waals surface area contributed by atoms with Gasteiger partial charge in [0.15, 0.2) is 17.6 Å². The number of amides is 1. The van der Waals surface area contributed by atoms with Gasteiger partial charge in [0.05, 0.1) is 7.11 Å². The fraction of sp³-hybridized carbons (Fsp3) is 0.368.